The number of hydrogen-bond acceptors (Lipinski definition) is 2. The molecule has 3 radical (unpaired) electrons. The van der Waals surface area contributed by atoms with E-state index in [1.165, 1.54) is 37.5 Å². The Bertz CT molecular complexity index is 269. The van der Waals surface area contributed by atoms with Crippen LogP contribution in [0.15, 0.2) is 18.2 Å². The van der Waals surface area contributed by atoms with Crippen molar-refractivity contribution in [2.24, 2.45) is 0 Å². The summed E-state index contributed by atoms with van der Waals surface area (Å²) in [6, 6.07) is 6.44. The van der Waals surface area contributed by atoms with Crippen molar-refractivity contribution >= 4 is 37.5 Å². The molecule has 0 fully saturated rings. The summed E-state index contributed by atoms with van der Waals surface area (Å²) in [5.74, 6) is 0. The van der Waals surface area contributed by atoms with Crippen LogP contribution in [0.4, 0.5) is 11.4 Å². The van der Waals surface area contributed by atoms with Crippen LogP contribution in [0.2, 0.25) is 0 Å². The van der Waals surface area contributed by atoms with Gasteiger partial charge in [-0.2, -0.15) is 0 Å². The first-order valence-electron chi connectivity index (χ1n) is 4.23. The van der Waals surface area contributed by atoms with E-state index in [0.29, 0.717) is 0 Å². The summed E-state index contributed by atoms with van der Waals surface area (Å²) < 4.78 is 1.42. The molecule has 1 rings (SSSR count). The van der Waals surface area contributed by atoms with Gasteiger partial charge in [0.25, 0.3) is 0 Å². The van der Waals surface area contributed by atoms with Crippen molar-refractivity contribution in [1.29, 1.82) is 0 Å². The molecule has 1 aromatic rings. The van der Waals surface area contributed by atoms with Crippen LogP contribution in [0.1, 0.15) is 0 Å². The molecular formula is C10H15N2Sn. The van der Waals surface area contributed by atoms with Crippen LogP contribution < -0.4 is 13.4 Å². The second-order valence-electron chi connectivity index (χ2n) is 3.46. The summed E-state index contributed by atoms with van der Waals surface area (Å²) in [5, 5.41) is 0. The minimum atomic E-state index is 1.32. The zero-order valence-electron chi connectivity index (χ0n) is 8.63. The summed E-state index contributed by atoms with van der Waals surface area (Å²) in [4.78, 5) is 4.33. The van der Waals surface area contributed by atoms with Crippen LogP contribution in [0.3, 0.4) is 0 Å². The van der Waals surface area contributed by atoms with Crippen molar-refractivity contribution in [2.75, 3.05) is 38.0 Å². The Labute approximate surface area is 93.6 Å². The second-order valence-corrected chi connectivity index (χ2v) is 4.89. The summed E-state index contributed by atoms with van der Waals surface area (Å²) in [6.45, 7) is 0. The summed E-state index contributed by atoms with van der Waals surface area (Å²) in [6.07, 6.45) is 0. The van der Waals surface area contributed by atoms with Gasteiger partial charge in [-0.25, -0.2) is 0 Å². The van der Waals surface area contributed by atoms with Crippen LogP contribution in [0.5, 0.6) is 0 Å². The number of rotatable bonds is 2. The van der Waals surface area contributed by atoms with Crippen molar-refractivity contribution in [3.8, 4) is 0 Å². The van der Waals surface area contributed by atoms with Crippen LogP contribution in [0, 0.1) is 0 Å². The van der Waals surface area contributed by atoms with Gasteiger partial charge in [0.2, 0.25) is 0 Å². The molecule has 0 aliphatic carbocycles. The van der Waals surface area contributed by atoms with E-state index in [1.54, 1.807) is 0 Å². The zero-order chi connectivity index (χ0) is 10.0. The van der Waals surface area contributed by atoms with Gasteiger partial charge in [0.15, 0.2) is 0 Å². The molecule has 0 heterocycles. The fraction of sp³-hybridized carbons (Fsp3) is 0.400. The number of nitrogens with zero attached hydrogens (tertiary/aromatic N) is 2. The van der Waals surface area contributed by atoms with Gasteiger partial charge in [-0.15, -0.1) is 0 Å². The maximum absolute atomic E-state index is 2.16. The number of benzene rings is 1. The molecular weight excluding hydrogens is 267 g/mol. The molecule has 0 spiro atoms. The third-order valence-electron chi connectivity index (χ3n) is 1.98. The minimum absolute atomic E-state index is 1.32. The van der Waals surface area contributed by atoms with Gasteiger partial charge in [0.05, 0.1) is 0 Å². The SMILES string of the molecule is CN(C)c1cccc(N(C)C)[c]1[Sn]. The van der Waals surface area contributed by atoms with Crippen molar-refractivity contribution in [2.45, 2.75) is 0 Å². The molecule has 0 bridgehead atoms. The Morgan fingerprint density at radius 2 is 1.31 bits per heavy atom. The van der Waals surface area contributed by atoms with E-state index in [0.717, 1.165) is 0 Å². The number of hydrogen-bond donors (Lipinski definition) is 0. The third kappa shape index (κ3) is 2.30. The first kappa shape index (κ1) is 10.7. The topological polar surface area (TPSA) is 6.48 Å². The molecule has 0 aromatic heterocycles. The second kappa shape index (κ2) is 4.22. The molecule has 0 aliphatic heterocycles. The molecule has 3 heteroatoms. The summed E-state index contributed by atoms with van der Waals surface area (Å²) in [7, 11) is 8.34. The Balaban J connectivity index is 3.18. The van der Waals surface area contributed by atoms with Crippen LogP contribution in [-0.2, 0) is 0 Å². The quantitative estimate of drug-likeness (QED) is 0.733. The Kier molecular flexibility index (Phi) is 3.47. The van der Waals surface area contributed by atoms with Gasteiger partial charge in [-0.3, -0.25) is 0 Å². The molecule has 0 aliphatic rings. The Morgan fingerprint density at radius 3 is 1.62 bits per heavy atom. The van der Waals surface area contributed by atoms with E-state index in [1.807, 2.05) is 0 Å². The fourth-order valence-electron chi connectivity index (χ4n) is 1.27. The molecule has 0 amide bonds. The van der Waals surface area contributed by atoms with Crippen LogP contribution in [0.25, 0.3) is 0 Å². The van der Waals surface area contributed by atoms with Gasteiger partial charge < -0.3 is 0 Å². The Hall–Kier alpha value is -0.381. The normalized spacial score (nSPS) is 9.92. The molecule has 0 N–H and O–H groups in total. The molecule has 2 nitrogen and oxygen atoms in total. The molecule has 0 saturated carbocycles. The van der Waals surface area contributed by atoms with Crippen molar-refractivity contribution < 1.29 is 0 Å². The monoisotopic (exact) mass is 283 g/mol. The fourth-order valence-corrected chi connectivity index (χ4v) is 3.03. The van der Waals surface area contributed by atoms with Gasteiger partial charge in [0, 0.05) is 0 Å². The van der Waals surface area contributed by atoms with Gasteiger partial charge in [-0.1, -0.05) is 0 Å². The predicted molar refractivity (Wildman–Crippen MR) is 60.5 cm³/mol. The predicted octanol–water partition coefficient (Wildman–Crippen LogP) is 0.612. The van der Waals surface area contributed by atoms with E-state index in [2.05, 4.69) is 56.2 Å². The van der Waals surface area contributed by atoms with Gasteiger partial charge in [0.1, 0.15) is 0 Å². The van der Waals surface area contributed by atoms with E-state index in [9.17, 15) is 0 Å². The van der Waals surface area contributed by atoms with Gasteiger partial charge >= 0.3 is 93.7 Å². The van der Waals surface area contributed by atoms with Crippen molar-refractivity contribution in [3.63, 3.8) is 0 Å². The first-order chi connectivity index (χ1) is 6.04. The summed E-state index contributed by atoms with van der Waals surface area (Å²) in [5.41, 5.74) is 2.65. The maximum atomic E-state index is 2.16. The molecule has 0 atom stereocenters. The third-order valence-corrected chi connectivity index (χ3v) is 3.45. The van der Waals surface area contributed by atoms with E-state index < -0.39 is 0 Å². The van der Waals surface area contributed by atoms with Crippen molar-refractivity contribution in [3.05, 3.63) is 18.2 Å². The molecule has 1 aromatic carbocycles. The standard InChI is InChI=1S/C10H15N2.Sn/c1-11(2)9-6-5-7-10(8-9)12(3)4;/h5-7H,1-4H3;. The average molecular weight is 282 g/mol. The molecule has 69 valence electrons. The molecule has 0 saturated heterocycles. The van der Waals surface area contributed by atoms with Crippen LogP contribution >= 0.6 is 0 Å². The van der Waals surface area contributed by atoms with E-state index in [4.69, 9.17) is 0 Å². The van der Waals surface area contributed by atoms with Crippen molar-refractivity contribution in [1.82, 2.24) is 0 Å². The number of anilines is 2. The summed E-state index contributed by atoms with van der Waals surface area (Å²) >= 11 is 1.47. The molecule has 0 unspecified atom stereocenters. The van der Waals surface area contributed by atoms with E-state index in [-0.39, 0.29) is 0 Å². The van der Waals surface area contributed by atoms with E-state index >= 15 is 0 Å². The van der Waals surface area contributed by atoms with Crippen LogP contribution in [-0.4, -0.2) is 50.7 Å². The molecule has 13 heavy (non-hydrogen) atoms. The zero-order valence-corrected chi connectivity index (χ0v) is 11.5. The first-order valence-corrected chi connectivity index (χ1v) is 5.66. The average Bonchev–Trinajstić information content (AvgIpc) is 2.03. The van der Waals surface area contributed by atoms with Gasteiger partial charge in [-0.05, 0) is 0 Å². The Morgan fingerprint density at radius 1 is 0.923 bits per heavy atom.